The predicted octanol–water partition coefficient (Wildman–Crippen LogP) is 0.813. The molecule has 6 nitrogen and oxygen atoms in total. The van der Waals surface area contributed by atoms with Gasteiger partial charge < -0.3 is 14.9 Å². The van der Waals surface area contributed by atoms with Crippen LogP contribution in [0.1, 0.15) is 29.3 Å². The monoisotopic (exact) mass is 286 g/mol. The Balaban J connectivity index is 2.02. The highest BCUT2D eigenvalue weighted by atomic mass is 32.1. The number of carboxylic acid groups (broad SMARTS) is 1. The van der Waals surface area contributed by atoms with Crippen LogP contribution in [0.15, 0.2) is 5.38 Å². The molecule has 2 rings (SSSR count). The van der Waals surface area contributed by atoms with E-state index in [1.807, 2.05) is 13.8 Å². The number of nitrogens with zero attached hydrogens (tertiary/aromatic N) is 2. The molecule has 2 heterocycles. The summed E-state index contributed by atoms with van der Waals surface area (Å²) in [5.41, 5.74) is 0.425. The quantitative estimate of drug-likeness (QED) is 0.852. The van der Waals surface area contributed by atoms with Crippen molar-refractivity contribution in [3.05, 3.63) is 16.1 Å². The fourth-order valence-corrected chi connectivity index (χ4v) is 2.98. The van der Waals surface area contributed by atoms with Gasteiger partial charge in [0.05, 0.1) is 24.0 Å². The summed E-state index contributed by atoms with van der Waals surface area (Å²) in [7, 11) is 0. The fraction of sp³-hybridized carbons (Fsp3) is 0.667. The van der Waals surface area contributed by atoms with E-state index >= 15 is 0 Å². The third-order valence-corrected chi connectivity index (χ3v) is 3.75. The topological polar surface area (TPSA) is 82.9 Å². The number of rotatable bonds is 4. The predicted molar refractivity (Wildman–Crippen MR) is 70.4 cm³/mol. The molecule has 0 amide bonds. The van der Waals surface area contributed by atoms with Gasteiger partial charge >= 0.3 is 5.97 Å². The first-order valence-corrected chi connectivity index (χ1v) is 6.96. The van der Waals surface area contributed by atoms with Crippen molar-refractivity contribution in [3.8, 4) is 0 Å². The van der Waals surface area contributed by atoms with Crippen molar-refractivity contribution in [1.29, 1.82) is 0 Å². The van der Waals surface area contributed by atoms with E-state index in [2.05, 4.69) is 9.88 Å². The molecule has 19 heavy (non-hydrogen) atoms. The van der Waals surface area contributed by atoms with Gasteiger partial charge in [0, 0.05) is 25.0 Å². The molecule has 2 N–H and O–H groups in total. The molecule has 7 heteroatoms. The summed E-state index contributed by atoms with van der Waals surface area (Å²) in [6.07, 6.45) is -0.207. The summed E-state index contributed by atoms with van der Waals surface area (Å²) in [4.78, 5) is 17.0. The van der Waals surface area contributed by atoms with Crippen LogP contribution < -0.4 is 0 Å². The molecular weight excluding hydrogens is 268 g/mol. The maximum Gasteiger partial charge on any atom is 0.365 e. The lowest BCUT2D eigenvalue weighted by Gasteiger charge is -2.42. The Morgan fingerprint density at radius 2 is 2.42 bits per heavy atom. The molecule has 1 aliphatic rings. The molecule has 0 spiro atoms. The van der Waals surface area contributed by atoms with E-state index in [0.717, 1.165) is 23.6 Å². The number of hydrogen-bond donors (Lipinski definition) is 2. The number of aliphatic hydroxyl groups is 1. The van der Waals surface area contributed by atoms with Gasteiger partial charge in [-0.2, -0.15) is 0 Å². The van der Waals surface area contributed by atoms with E-state index in [4.69, 9.17) is 9.84 Å². The lowest BCUT2D eigenvalue weighted by atomic mass is 10.1. The van der Waals surface area contributed by atoms with Gasteiger partial charge in [-0.25, -0.2) is 9.78 Å². The van der Waals surface area contributed by atoms with Gasteiger partial charge in [-0.3, -0.25) is 4.90 Å². The van der Waals surface area contributed by atoms with E-state index in [-0.39, 0.29) is 23.3 Å². The van der Waals surface area contributed by atoms with Crippen LogP contribution in [-0.2, 0) is 11.3 Å². The number of aromatic carboxylic acids is 1. The standard InChI is InChI=1S/C12H18N2O4S/c1-12(2)7-14(4-9(5-15)18-12)3-8-6-19-10(13-8)11(16)17/h6,9,15H,3-5,7H2,1-2H3,(H,16,17). The fourth-order valence-electron chi connectivity index (χ4n) is 2.34. The SMILES string of the molecule is CC1(C)CN(Cc2csc(C(=O)O)n2)CC(CO)O1. The summed E-state index contributed by atoms with van der Waals surface area (Å²) in [5, 5.41) is 20.0. The summed E-state index contributed by atoms with van der Waals surface area (Å²) in [6, 6.07) is 0. The zero-order valence-corrected chi connectivity index (χ0v) is 11.8. The van der Waals surface area contributed by atoms with Crippen LogP contribution in [0.5, 0.6) is 0 Å². The van der Waals surface area contributed by atoms with Gasteiger partial charge in [0.25, 0.3) is 0 Å². The number of hydrogen-bond acceptors (Lipinski definition) is 6. The van der Waals surface area contributed by atoms with Crippen molar-refractivity contribution in [2.24, 2.45) is 0 Å². The van der Waals surface area contributed by atoms with Gasteiger partial charge in [-0.15, -0.1) is 11.3 Å². The number of morpholine rings is 1. The lowest BCUT2D eigenvalue weighted by molar-refractivity contribution is -0.150. The van der Waals surface area contributed by atoms with Gasteiger partial charge in [-0.1, -0.05) is 0 Å². The second kappa shape index (κ2) is 5.54. The van der Waals surface area contributed by atoms with Crippen LogP contribution in [0.25, 0.3) is 0 Å². The number of carboxylic acids is 1. The van der Waals surface area contributed by atoms with Crippen molar-refractivity contribution in [1.82, 2.24) is 9.88 Å². The number of carbonyl (C=O) groups is 1. The minimum absolute atomic E-state index is 0.0165. The first-order valence-electron chi connectivity index (χ1n) is 6.08. The van der Waals surface area contributed by atoms with Crippen molar-refractivity contribution in [2.75, 3.05) is 19.7 Å². The highest BCUT2D eigenvalue weighted by molar-refractivity contribution is 7.11. The van der Waals surface area contributed by atoms with Crippen LogP contribution >= 0.6 is 11.3 Å². The molecule has 0 aliphatic carbocycles. The van der Waals surface area contributed by atoms with Crippen LogP contribution in [0.3, 0.4) is 0 Å². The Morgan fingerprint density at radius 1 is 1.68 bits per heavy atom. The number of ether oxygens (including phenoxy) is 1. The molecule has 1 aromatic rings. The molecule has 0 bridgehead atoms. The number of thiazole rings is 1. The molecule has 0 radical (unpaired) electrons. The van der Waals surface area contributed by atoms with Crippen molar-refractivity contribution in [3.63, 3.8) is 0 Å². The zero-order chi connectivity index (χ0) is 14.0. The van der Waals surface area contributed by atoms with Crippen LogP contribution in [0.4, 0.5) is 0 Å². The van der Waals surface area contributed by atoms with E-state index < -0.39 is 5.97 Å². The molecule has 1 unspecified atom stereocenters. The largest absolute Gasteiger partial charge is 0.476 e. The van der Waals surface area contributed by atoms with Crippen LogP contribution in [0, 0.1) is 0 Å². The molecule has 1 aromatic heterocycles. The van der Waals surface area contributed by atoms with Gasteiger partial charge in [0.15, 0.2) is 0 Å². The maximum absolute atomic E-state index is 10.8. The summed E-state index contributed by atoms with van der Waals surface area (Å²) in [5.74, 6) is -0.994. The molecular formula is C12H18N2O4S. The summed E-state index contributed by atoms with van der Waals surface area (Å²) in [6.45, 7) is 5.87. The Morgan fingerprint density at radius 3 is 3.00 bits per heavy atom. The van der Waals surface area contributed by atoms with Crippen molar-refractivity contribution >= 4 is 17.3 Å². The Hall–Kier alpha value is -1.02. The third-order valence-electron chi connectivity index (χ3n) is 2.88. The molecule has 1 saturated heterocycles. The molecule has 0 aromatic carbocycles. The molecule has 1 atom stereocenters. The second-order valence-electron chi connectivity index (χ2n) is 5.30. The lowest BCUT2D eigenvalue weighted by Crippen LogP contribution is -2.53. The highest BCUT2D eigenvalue weighted by Crippen LogP contribution is 2.22. The third kappa shape index (κ3) is 3.73. The molecule has 0 saturated carbocycles. The van der Waals surface area contributed by atoms with E-state index in [9.17, 15) is 9.90 Å². The Bertz CT molecular complexity index is 460. The van der Waals surface area contributed by atoms with Crippen molar-refractivity contribution < 1.29 is 19.7 Å². The van der Waals surface area contributed by atoms with Gasteiger partial charge in [0.2, 0.25) is 5.01 Å². The first-order chi connectivity index (χ1) is 8.89. The average molecular weight is 286 g/mol. The molecule has 1 fully saturated rings. The van der Waals surface area contributed by atoms with Crippen LogP contribution in [-0.4, -0.2) is 57.5 Å². The Labute approximate surface area is 115 Å². The van der Waals surface area contributed by atoms with E-state index in [1.54, 1.807) is 5.38 Å². The number of aromatic nitrogens is 1. The van der Waals surface area contributed by atoms with Crippen LogP contribution in [0.2, 0.25) is 0 Å². The van der Waals surface area contributed by atoms with Crippen molar-refractivity contribution in [2.45, 2.75) is 32.1 Å². The van der Waals surface area contributed by atoms with Gasteiger partial charge in [-0.05, 0) is 13.8 Å². The summed E-state index contributed by atoms with van der Waals surface area (Å²) < 4.78 is 5.73. The van der Waals surface area contributed by atoms with E-state index in [0.29, 0.717) is 13.1 Å². The maximum atomic E-state index is 10.8. The number of aliphatic hydroxyl groups excluding tert-OH is 1. The molecule has 1 aliphatic heterocycles. The molecule has 106 valence electrons. The zero-order valence-electron chi connectivity index (χ0n) is 11.0. The normalized spacial score (nSPS) is 23.4. The minimum Gasteiger partial charge on any atom is -0.476 e. The Kier molecular flexibility index (Phi) is 4.19. The average Bonchev–Trinajstić information content (AvgIpc) is 2.75. The smallest absolute Gasteiger partial charge is 0.365 e. The summed E-state index contributed by atoms with van der Waals surface area (Å²) >= 11 is 1.13. The van der Waals surface area contributed by atoms with Gasteiger partial charge in [0.1, 0.15) is 0 Å². The highest BCUT2D eigenvalue weighted by Gasteiger charge is 2.33. The minimum atomic E-state index is -0.994. The first kappa shape index (κ1) is 14.4. The second-order valence-corrected chi connectivity index (χ2v) is 6.16. The van der Waals surface area contributed by atoms with E-state index in [1.165, 1.54) is 0 Å².